The van der Waals surface area contributed by atoms with E-state index in [2.05, 4.69) is 22.2 Å². The van der Waals surface area contributed by atoms with Crippen LogP contribution in [0.4, 0.5) is 4.79 Å². The molecule has 0 aliphatic rings. The zero-order valence-corrected chi connectivity index (χ0v) is 14.8. The minimum Gasteiger partial charge on any atom is -0.497 e. The number of rotatable bonds is 3. The van der Waals surface area contributed by atoms with Gasteiger partial charge in [-0.1, -0.05) is 0 Å². The molecular formula is C20H19N3O3. The van der Waals surface area contributed by atoms with E-state index in [-0.39, 0.29) is 6.61 Å². The highest BCUT2D eigenvalue weighted by atomic mass is 16.5. The molecule has 0 radical (unpaired) electrons. The molecule has 2 heterocycles. The Balaban J connectivity index is 2.08. The maximum Gasteiger partial charge on any atom is 0.407 e. The molecule has 0 fully saturated rings. The number of methoxy groups -OCH3 is 1. The van der Waals surface area contributed by atoms with Crippen molar-refractivity contribution >= 4 is 38.7 Å². The molecule has 2 N–H and O–H groups in total. The largest absolute Gasteiger partial charge is 0.497 e. The Kier molecular flexibility index (Phi) is 3.88. The number of hydrogen-bond acceptors (Lipinski definition) is 4. The molecule has 0 aliphatic heterocycles. The molecule has 0 saturated heterocycles. The van der Waals surface area contributed by atoms with Crippen LogP contribution in [-0.2, 0) is 11.3 Å². The number of aromatic nitrogens is 2. The van der Waals surface area contributed by atoms with E-state index >= 15 is 0 Å². The molecule has 0 unspecified atom stereocenters. The first-order chi connectivity index (χ1) is 12.6. The van der Waals surface area contributed by atoms with Gasteiger partial charge in [-0.2, -0.15) is 0 Å². The van der Waals surface area contributed by atoms with Crippen molar-refractivity contribution < 1.29 is 14.3 Å². The average molecular weight is 349 g/mol. The number of fused-ring (bicyclic) bond motifs is 4. The summed E-state index contributed by atoms with van der Waals surface area (Å²) in [6.45, 7) is 2.25. The molecule has 132 valence electrons. The molecule has 4 aromatic rings. The number of alkyl carbamates (subject to hydrolysis) is 1. The van der Waals surface area contributed by atoms with Crippen LogP contribution in [0.25, 0.3) is 32.6 Å². The SMILES string of the molecule is CNC(=O)OCc1c2ccncc2c(C)c2c1[nH]c1ccc(OC)cc12. The van der Waals surface area contributed by atoms with E-state index in [0.717, 1.165) is 49.5 Å². The Hall–Kier alpha value is -3.28. The summed E-state index contributed by atoms with van der Waals surface area (Å²) < 4.78 is 10.7. The van der Waals surface area contributed by atoms with Crippen LogP contribution in [0.3, 0.4) is 0 Å². The van der Waals surface area contributed by atoms with Crippen molar-refractivity contribution in [2.24, 2.45) is 0 Å². The quantitative estimate of drug-likeness (QED) is 0.585. The second-order valence-corrected chi connectivity index (χ2v) is 6.14. The lowest BCUT2D eigenvalue weighted by Crippen LogP contribution is -2.19. The summed E-state index contributed by atoms with van der Waals surface area (Å²) in [7, 11) is 3.20. The van der Waals surface area contributed by atoms with E-state index in [1.807, 2.05) is 30.5 Å². The summed E-state index contributed by atoms with van der Waals surface area (Å²) in [6, 6.07) is 7.90. The van der Waals surface area contributed by atoms with Gasteiger partial charge in [0.15, 0.2) is 0 Å². The van der Waals surface area contributed by atoms with E-state index < -0.39 is 6.09 Å². The Morgan fingerprint density at radius 1 is 1.23 bits per heavy atom. The number of amides is 1. The zero-order valence-electron chi connectivity index (χ0n) is 14.8. The average Bonchev–Trinajstić information content (AvgIpc) is 3.06. The van der Waals surface area contributed by atoms with Crippen LogP contribution in [0.5, 0.6) is 5.75 Å². The van der Waals surface area contributed by atoms with Gasteiger partial charge in [0.2, 0.25) is 0 Å². The molecule has 0 atom stereocenters. The fourth-order valence-corrected chi connectivity index (χ4v) is 3.50. The van der Waals surface area contributed by atoms with Crippen molar-refractivity contribution in [1.82, 2.24) is 15.3 Å². The standard InChI is InChI=1S/C20H19N3O3/c1-11-15-9-22-7-6-13(15)16(10-26-20(24)21-2)19-18(11)14-8-12(25-3)4-5-17(14)23-19/h4-9,23H,10H2,1-3H3,(H,21,24). The number of ether oxygens (including phenoxy) is 2. The fourth-order valence-electron chi connectivity index (χ4n) is 3.50. The molecule has 0 aliphatic carbocycles. The Labute approximate surface area is 150 Å². The minimum atomic E-state index is -0.460. The summed E-state index contributed by atoms with van der Waals surface area (Å²) in [5.41, 5.74) is 4.04. The first-order valence-electron chi connectivity index (χ1n) is 8.33. The van der Waals surface area contributed by atoms with Crippen molar-refractivity contribution in [2.45, 2.75) is 13.5 Å². The second kappa shape index (κ2) is 6.22. The number of carbonyl (C=O) groups is 1. The predicted octanol–water partition coefficient (Wildman–Crippen LogP) is 4.04. The van der Waals surface area contributed by atoms with Crippen LogP contribution in [0.15, 0.2) is 36.7 Å². The maximum atomic E-state index is 11.6. The molecule has 4 rings (SSSR count). The molecule has 6 nitrogen and oxygen atoms in total. The van der Waals surface area contributed by atoms with Crippen molar-refractivity contribution in [3.8, 4) is 5.75 Å². The van der Waals surface area contributed by atoms with Crippen LogP contribution in [-0.4, -0.2) is 30.2 Å². The van der Waals surface area contributed by atoms with Gasteiger partial charge >= 0.3 is 6.09 Å². The number of aromatic amines is 1. The lowest BCUT2D eigenvalue weighted by Gasteiger charge is -2.12. The van der Waals surface area contributed by atoms with Gasteiger partial charge < -0.3 is 19.8 Å². The monoisotopic (exact) mass is 349 g/mol. The van der Waals surface area contributed by atoms with Crippen LogP contribution >= 0.6 is 0 Å². The lowest BCUT2D eigenvalue weighted by atomic mass is 9.96. The highest BCUT2D eigenvalue weighted by Crippen LogP contribution is 2.38. The van der Waals surface area contributed by atoms with Gasteiger partial charge in [0, 0.05) is 46.7 Å². The van der Waals surface area contributed by atoms with Gasteiger partial charge in [-0.15, -0.1) is 0 Å². The molecule has 26 heavy (non-hydrogen) atoms. The molecule has 1 amide bonds. The normalized spacial score (nSPS) is 11.2. The molecule has 0 bridgehead atoms. The predicted molar refractivity (Wildman–Crippen MR) is 102 cm³/mol. The third-order valence-corrected chi connectivity index (χ3v) is 4.78. The van der Waals surface area contributed by atoms with Crippen LogP contribution in [0.2, 0.25) is 0 Å². The van der Waals surface area contributed by atoms with Crippen LogP contribution in [0.1, 0.15) is 11.1 Å². The Bertz CT molecular complexity index is 1150. The van der Waals surface area contributed by atoms with Crippen LogP contribution < -0.4 is 10.1 Å². The molecule has 2 aromatic carbocycles. The minimum absolute atomic E-state index is 0.168. The number of hydrogen-bond donors (Lipinski definition) is 2. The number of H-pyrrole nitrogens is 1. The number of nitrogens with zero attached hydrogens (tertiary/aromatic N) is 1. The molecule has 6 heteroatoms. The van der Waals surface area contributed by atoms with E-state index in [1.54, 1.807) is 20.4 Å². The summed E-state index contributed by atoms with van der Waals surface area (Å²) in [4.78, 5) is 19.4. The molecule has 0 spiro atoms. The summed E-state index contributed by atoms with van der Waals surface area (Å²) >= 11 is 0. The Morgan fingerprint density at radius 3 is 2.85 bits per heavy atom. The van der Waals surface area contributed by atoms with E-state index in [0.29, 0.717) is 0 Å². The lowest BCUT2D eigenvalue weighted by molar-refractivity contribution is 0.143. The number of nitrogens with one attached hydrogen (secondary N) is 2. The van der Waals surface area contributed by atoms with E-state index in [4.69, 9.17) is 9.47 Å². The molecule has 0 saturated carbocycles. The summed E-state index contributed by atoms with van der Waals surface area (Å²) in [6.07, 6.45) is 3.15. The third-order valence-electron chi connectivity index (χ3n) is 4.78. The topological polar surface area (TPSA) is 76.2 Å². The first-order valence-corrected chi connectivity index (χ1v) is 8.33. The molecule has 2 aromatic heterocycles. The van der Waals surface area contributed by atoms with Crippen molar-refractivity contribution in [1.29, 1.82) is 0 Å². The van der Waals surface area contributed by atoms with Crippen molar-refractivity contribution in [3.63, 3.8) is 0 Å². The molecular weight excluding hydrogens is 330 g/mol. The number of pyridine rings is 1. The second-order valence-electron chi connectivity index (χ2n) is 6.14. The Morgan fingerprint density at radius 2 is 2.08 bits per heavy atom. The van der Waals surface area contributed by atoms with Crippen LogP contribution in [0, 0.1) is 6.92 Å². The summed E-state index contributed by atoms with van der Waals surface area (Å²) in [5, 5.41) is 6.71. The highest BCUT2D eigenvalue weighted by molar-refractivity contribution is 6.16. The highest BCUT2D eigenvalue weighted by Gasteiger charge is 2.17. The third kappa shape index (κ3) is 2.42. The maximum absolute atomic E-state index is 11.6. The van der Waals surface area contributed by atoms with Gasteiger partial charge in [0.1, 0.15) is 12.4 Å². The smallest absolute Gasteiger partial charge is 0.407 e. The summed E-state index contributed by atoms with van der Waals surface area (Å²) in [5.74, 6) is 0.798. The van der Waals surface area contributed by atoms with Gasteiger partial charge in [-0.05, 0) is 42.1 Å². The van der Waals surface area contributed by atoms with Gasteiger partial charge in [-0.25, -0.2) is 4.79 Å². The van der Waals surface area contributed by atoms with Crippen molar-refractivity contribution in [2.75, 3.05) is 14.2 Å². The number of aryl methyl sites for hydroxylation is 1. The zero-order chi connectivity index (χ0) is 18.3. The van der Waals surface area contributed by atoms with Crippen molar-refractivity contribution in [3.05, 3.63) is 47.8 Å². The number of benzene rings is 2. The first kappa shape index (κ1) is 16.2. The van der Waals surface area contributed by atoms with Gasteiger partial charge in [0.05, 0.1) is 12.6 Å². The number of carbonyl (C=O) groups excluding carboxylic acids is 1. The fraction of sp³-hybridized carbons (Fsp3) is 0.200. The van der Waals surface area contributed by atoms with E-state index in [1.165, 1.54) is 0 Å². The van der Waals surface area contributed by atoms with E-state index in [9.17, 15) is 4.79 Å². The van der Waals surface area contributed by atoms with Gasteiger partial charge in [0.25, 0.3) is 0 Å². The van der Waals surface area contributed by atoms with Gasteiger partial charge in [-0.3, -0.25) is 4.98 Å².